The molecule has 4 rings (SSSR count). The van der Waals surface area contributed by atoms with E-state index in [0.717, 1.165) is 11.3 Å². The molecular weight excluding hydrogens is 368 g/mol. The minimum atomic E-state index is -2.76. The zero-order valence-corrected chi connectivity index (χ0v) is 17.5. The molecule has 0 aromatic heterocycles. The van der Waals surface area contributed by atoms with Crippen molar-refractivity contribution in [1.29, 1.82) is 0 Å². The number of hydrogen-bond acceptors (Lipinski definition) is 1. The Labute approximate surface area is 174 Å². The Morgan fingerprint density at radius 3 is 1.24 bits per heavy atom. The van der Waals surface area contributed by atoms with Crippen LogP contribution in [-0.4, -0.2) is 8.32 Å². The second-order valence-electron chi connectivity index (χ2n) is 6.90. The molecule has 0 aliphatic rings. The van der Waals surface area contributed by atoms with E-state index in [1.807, 2.05) is 13.0 Å². The first-order valence-corrected chi connectivity index (χ1v) is 11.8. The molecule has 0 unspecified atom stereocenters. The number of benzene rings is 4. The molecular formula is C27H24OSi. The first-order valence-electron chi connectivity index (χ1n) is 9.92. The third-order valence-electron chi connectivity index (χ3n) is 5.12. The fraction of sp³-hybridized carbons (Fsp3) is 0.0370. The van der Waals surface area contributed by atoms with Gasteiger partial charge >= 0.3 is 8.32 Å². The first kappa shape index (κ1) is 19.0. The standard InChI is InChI=1S/C27H24OSi/c1-2-27(23-15-7-3-8-16-23)28-29(24-17-9-4-10-18-24,25-19-11-5-12-20-25)26-21-13-6-14-22-26/h2-22H,1H3/b27-2+. The molecule has 0 radical (unpaired) electrons. The Balaban J connectivity index is 1.98. The zero-order valence-electron chi connectivity index (χ0n) is 16.5. The summed E-state index contributed by atoms with van der Waals surface area (Å²) >= 11 is 0. The van der Waals surface area contributed by atoms with E-state index in [1.54, 1.807) is 0 Å². The minimum Gasteiger partial charge on any atom is -0.530 e. The van der Waals surface area contributed by atoms with Crippen LogP contribution < -0.4 is 15.6 Å². The van der Waals surface area contributed by atoms with Gasteiger partial charge in [-0.1, -0.05) is 121 Å². The van der Waals surface area contributed by atoms with E-state index >= 15 is 0 Å². The van der Waals surface area contributed by atoms with Crippen molar-refractivity contribution in [2.75, 3.05) is 0 Å². The Bertz CT molecular complexity index is 962. The smallest absolute Gasteiger partial charge is 0.346 e. The van der Waals surface area contributed by atoms with Gasteiger partial charge in [0.25, 0.3) is 0 Å². The van der Waals surface area contributed by atoms with Crippen LogP contribution in [0.15, 0.2) is 127 Å². The lowest BCUT2D eigenvalue weighted by molar-refractivity contribution is 0.532. The van der Waals surface area contributed by atoms with Crippen molar-refractivity contribution in [1.82, 2.24) is 0 Å². The molecule has 1 nitrogen and oxygen atoms in total. The highest BCUT2D eigenvalue weighted by molar-refractivity contribution is 7.07. The van der Waals surface area contributed by atoms with Crippen LogP contribution in [0.3, 0.4) is 0 Å². The van der Waals surface area contributed by atoms with Crippen LogP contribution in [0, 0.1) is 0 Å². The van der Waals surface area contributed by atoms with Gasteiger partial charge in [0.2, 0.25) is 0 Å². The van der Waals surface area contributed by atoms with Gasteiger partial charge in [-0.25, -0.2) is 0 Å². The lowest BCUT2D eigenvalue weighted by atomic mass is 10.2. The predicted molar refractivity (Wildman–Crippen MR) is 125 cm³/mol. The summed E-state index contributed by atoms with van der Waals surface area (Å²) < 4.78 is 7.13. The van der Waals surface area contributed by atoms with Crippen molar-refractivity contribution in [3.05, 3.63) is 133 Å². The van der Waals surface area contributed by atoms with Gasteiger partial charge in [-0.2, -0.15) is 0 Å². The lowest BCUT2D eigenvalue weighted by Gasteiger charge is -2.34. The summed E-state index contributed by atoms with van der Waals surface area (Å²) in [6.07, 6.45) is 2.08. The molecule has 0 spiro atoms. The maximum atomic E-state index is 7.13. The maximum Gasteiger partial charge on any atom is 0.346 e. The Hall–Kier alpha value is -3.36. The normalized spacial score (nSPS) is 11.8. The van der Waals surface area contributed by atoms with E-state index in [1.165, 1.54) is 15.6 Å². The molecule has 0 saturated carbocycles. The van der Waals surface area contributed by atoms with Crippen LogP contribution in [0.4, 0.5) is 0 Å². The summed E-state index contributed by atoms with van der Waals surface area (Å²) in [4.78, 5) is 0. The fourth-order valence-electron chi connectivity index (χ4n) is 3.75. The summed E-state index contributed by atoms with van der Waals surface area (Å²) in [5, 5.41) is 3.69. The van der Waals surface area contributed by atoms with E-state index < -0.39 is 8.32 Å². The quantitative estimate of drug-likeness (QED) is 0.262. The monoisotopic (exact) mass is 392 g/mol. The molecule has 0 aliphatic carbocycles. The second-order valence-corrected chi connectivity index (χ2v) is 10.2. The van der Waals surface area contributed by atoms with Crippen LogP contribution in [-0.2, 0) is 4.43 Å². The van der Waals surface area contributed by atoms with E-state index in [9.17, 15) is 0 Å². The molecule has 0 fully saturated rings. The molecule has 2 heteroatoms. The summed E-state index contributed by atoms with van der Waals surface area (Å²) in [7, 11) is -2.76. The molecule has 0 atom stereocenters. The average molecular weight is 393 g/mol. The van der Waals surface area contributed by atoms with Crippen LogP contribution in [0.25, 0.3) is 5.76 Å². The van der Waals surface area contributed by atoms with Crippen molar-refractivity contribution < 1.29 is 4.43 Å². The zero-order chi connectivity index (χ0) is 19.9. The molecule has 4 aromatic carbocycles. The molecule has 29 heavy (non-hydrogen) atoms. The van der Waals surface area contributed by atoms with E-state index in [2.05, 4.69) is 121 Å². The molecule has 0 saturated heterocycles. The molecule has 4 aromatic rings. The first-order chi connectivity index (χ1) is 14.3. The van der Waals surface area contributed by atoms with Gasteiger partial charge < -0.3 is 4.43 Å². The summed E-state index contributed by atoms with van der Waals surface area (Å²) in [5.41, 5.74) is 1.09. The highest BCUT2D eigenvalue weighted by atomic mass is 28.4. The maximum absolute atomic E-state index is 7.13. The van der Waals surface area contributed by atoms with E-state index in [-0.39, 0.29) is 0 Å². The SMILES string of the molecule is C/C=C(/O[Si](c1ccccc1)(c1ccccc1)c1ccccc1)c1ccccc1. The third-order valence-corrected chi connectivity index (χ3v) is 9.09. The van der Waals surface area contributed by atoms with Crippen molar-refractivity contribution in [3.63, 3.8) is 0 Å². The lowest BCUT2D eigenvalue weighted by Crippen LogP contribution is -2.69. The van der Waals surface area contributed by atoms with Crippen LogP contribution >= 0.6 is 0 Å². The van der Waals surface area contributed by atoms with Crippen LogP contribution in [0.5, 0.6) is 0 Å². The molecule has 0 amide bonds. The van der Waals surface area contributed by atoms with Gasteiger partial charge in [-0.15, -0.1) is 0 Å². The van der Waals surface area contributed by atoms with Gasteiger partial charge in [0.15, 0.2) is 0 Å². The van der Waals surface area contributed by atoms with Gasteiger partial charge in [-0.3, -0.25) is 0 Å². The third kappa shape index (κ3) is 3.80. The van der Waals surface area contributed by atoms with Crippen LogP contribution in [0.2, 0.25) is 0 Å². The minimum absolute atomic E-state index is 0.911. The van der Waals surface area contributed by atoms with Gasteiger partial charge in [0.05, 0.1) is 0 Å². The second kappa shape index (κ2) is 8.76. The van der Waals surface area contributed by atoms with E-state index in [0.29, 0.717) is 0 Å². The summed E-state index contributed by atoms with van der Waals surface area (Å²) in [6, 6.07) is 42.3. The predicted octanol–water partition coefficient (Wildman–Crippen LogP) is 4.73. The van der Waals surface area contributed by atoms with Crippen molar-refractivity contribution in [3.8, 4) is 0 Å². The summed E-state index contributed by atoms with van der Waals surface area (Å²) in [6.45, 7) is 2.04. The number of hydrogen-bond donors (Lipinski definition) is 0. The molecule has 0 aliphatic heterocycles. The summed E-state index contributed by atoms with van der Waals surface area (Å²) in [5.74, 6) is 0.911. The molecule has 0 bridgehead atoms. The van der Waals surface area contributed by atoms with Gasteiger partial charge in [0.1, 0.15) is 5.76 Å². The molecule has 142 valence electrons. The van der Waals surface area contributed by atoms with Crippen molar-refractivity contribution in [2.45, 2.75) is 6.92 Å². The molecule has 0 heterocycles. The van der Waals surface area contributed by atoms with Crippen LogP contribution in [0.1, 0.15) is 12.5 Å². The van der Waals surface area contributed by atoms with E-state index in [4.69, 9.17) is 4.43 Å². The number of rotatable bonds is 6. The Kier molecular flexibility index (Phi) is 5.73. The Morgan fingerprint density at radius 1 is 0.552 bits per heavy atom. The van der Waals surface area contributed by atoms with Crippen molar-refractivity contribution >= 4 is 29.6 Å². The Morgan fingerprint density at radius 2 is 0.897 bits per heavy atom. The van der Waals surface area contributed by atoms with Gasteiger partial charge in [-0.05, 0) is 28.6 Å². The average Bonchev–Trinajstić information content (AvgIpc) is 2.82. The highest BCUT2D eigenvalue weighted by Crippen LogP contribution is 2.22. The van der Waals surface area contributed by atoms with Gasteiger partial charge in [0, 0.05) is 5.56 Å². The fourth-order valence-corrected chi connectivity index (χ4v) is 7.65. The largest absolute Gasteiger partial charge is 0.530 e. The topological polar surface area (TPSA) is 9.23 Å². The number of allylic oxidation sites excluding steroid dienone is 1. The highest BCUT2D eigenvalue weighted by Gasteiger charge is 2.44. The molecule has 0 N–H and O–H groups in total. The van der Waals surface area contributed by atoms with Crippen molar-refractivity contribution in [2.24, 2.45) is 0 Å².